The molecule has 0 atom stereocenters. The Kier molecular flexibility index (Phi) is 6.47. The van der Waals surface area contributed by atoms with Crippen LogP contribution in [0, 0.1) is 10.5 Å². The number of nitrogens with zero attached hydrogens (tertiary/aromatic N) is 5. The summed E-state index contributed by atoms with van der Waals surface area (Å²) in [6.07, 6.45) is 3.71. The molecule has 9 nitrogen and oxygen atoms in total. The lowest BCUT2D eigenvalue weighted by Gasteiger charge is -2.27. The molecule has 146 valence electrons. The number of amides is 2. The maximum atomic E-state index is 12.9. The number of anilines is 1. The minimum absolute atomic E-state index is 0.134. The molecular weight excluding hydrogens is 463 g/mol. The van der Waals surface area contributed by atoms with Crippen LogP contribution in [0.1, 0.15) is 29.5 Å². The van der Waals surface area contributed by atoms with Crippen LogP contribution in [-0.4, -0.2) is 62.6 Å². The van der Waals surface area contributed by atoms with Gasteiger partial charge in [-0.05, 0) is 36.4 Å². The van der Waals surface area contributed by atoms with Crippen LogP contribution in [0.5, 0.6) is 0 Å². The Morgan fingerprint density at radius 1 is 1.33 bits per heavy atom. The molecule has 0 spiro atoms. The third-order valence-electron chi connectivity index (χ3n) is 4.37. The van der Waals surface area contributed by atoms with Crippen LogP contribution in [-0.2, 0) is 22.6 Å². The summed E-state index contributed by atoms with van der Waals surface area (Å²) in [6, 6.07) is 0. The van der Waals surface area contributed by atoms with Gasteiger partial charge in [-0.2, -0.15) is 10.2 Å². The van der Waals surface area contributed by atoms with Crippen LogP contribution in [0.25, 0.3) is 0 Å². The zero-order chi connectivity index (χ0) is 19.4. The largest absolute Gasteiger partial charge is 0.378 e. The van der Waals surface area contributed by atoms with Crippen LogP contribution < -0.4 is 5.32 Å². The zero-order valence-corrected chi connectivity index (χ0v) is 17.6. The number of aromatic nitrogens is 4. The molecule has 1 aliphatic rings. The highest BCUT2D eigenvalue weighted by atomic mass is 127. The van der Waals surface area contributed by atoms with Gasteiger partial charge in [-0.15, -0.1) is 0 Å². The Hall–Kier alpha value is -1.95. The maximum Gasteiger partial charge on any atom is 0.274 e. The highest BCUT2D eigenvalue weighted by molar-refractivity contribution is 14.1. The maximum absolute atomic E-state index is 12.9. The second kappa shape index (κ2) is 8.83. The first-order valence-corrected chi connectivity index (χ1v) is 9.99. The SMILES string of the molecule is CCn1ncc(NC(=O)CCn2cc(I)c(C)n2)c1C(=O)N1CCOCC1. The van der Waals surface area contributed by atoms with Crippen LogP contribution in [0.4, 0.5) is 5.69 Å². The Labute approximate surface area is 171 Å². The molecule has 0 saturated carbocycles. The first kappa shape index (κ1) is 19.8. The van der Waals surface area contributed by atoms with E-state index in [1.807, 2.05) is 20.0 Å². The van der Waals surface area contributed by atoms with Gasteiger partial charge in [-0.25, -0.2) is 0 Å². The monoisotopic (exact) mass is 486 g/mol. The molecule has 3 heterocycles. The van der Waals surface area contributed by atoms with Crippen molar-refractivity contribution in [2.75, 3.05) is 31.6 Å². The number of hydrogen-bond acceptors (Lipinski definition) is 5. The molecule has 0 radical (unpaired) electrons. The number of aryl methyl sites for hydroxylation is 3. The van der Waals surface area contributed by atoms with Crippen molar-refractivity contribution in [3.05, 3.63) is 27.4 Å². The van der Waals surface area contributed by atoms with Crippen molar-refractivity contribution < 1.29 is 14.3 Å². The quantitative estimate of drug-likeness (QED) is 0.625. The summed E-state index contributed by atoms with van der Waals surface area (Å²) in [5, 5.41) is 11.4. The fourth-order valence-electron chi connectivity index (χ4n) is 2.90. The van der Waals surface area contributed by atoms with Crippen molar-refractivity contribution in [2.45, 2.75) is 33.4 Å². The second-order valence-electron chi connectivity index (χ2n) is 6.25. The second-order valence-corrected chi connectivity index (χ2v) is 7.41. The average Bonchev–Trinajstić information content (AvgIpc) is 3.22. The van der Waals surface area contributed by atoms with Gasteiger partial charge in [-0.3, -0.25) is 19.0 Å². The Morgan fingerprint density at radius 3 is 2.70 bits per heavy atom. The van der Waals surface area contributed by atoms with Crippen LogP contribution in [0.15, 0.2) is 12.4 Å². The van der Waals surface area contributed by atoms with Crippen LogP contribution in [0.2, 0.25) is 0 Å². The van der Waals surface area contributed by atoms with Crippen molar-refractivity contribution in [3.63, 3.8) is 0 Å². The fourth-order valence-corrected chi connectivity index (χ4v) is 3.32. The van der Waals surface area contributed by atoms with Crippen LogP contribution in [0.3, 0.4) is 0 Å². The molecule has 1 fully saturated rings. The van der Waals surface area contributed by atoms with Gasteiger partial charge in [0.1, 0.15) is 5.69 Å². The number of rotatable bonds is 6. The predicted octanol–water partition coefficient (Wildman–Crippen LogP) is 1.51. The van der Waals surface area contributed by atoms with E-state index in [2.05, 4.69) is 38.1 Å². The molecule has 2 aromatic heterocycles. The highest BCUT2D eigenvalue weighted by Gasteiger charge is 2.26. The summed E-state index contributed by atoms with van der Waals surface area (Å²) >= 11 is 2.21. The number of carbonyl (C=O) groups excluding carboxylic acids is 2. The smallest absolute Gasteiger partial charge is 0.274 e. The van der Waals surface area contributed by atoms with Gasteiger partial charge >= 0.3 is 0 Å². The minimum Gasteiger partial charge on any atom is -0.378 e. The standard InChI is InChI=1S/C17H23IN6O3/c1-3-24-16(17(26)22-6-8-27-9-7-22)14(10-19-24)20-15(25)4-5-23-11-13(18)12(2)21-23/h10-11H,3-9H2,1-2H3,(H,20,25). The van der Waals surface area contributed by atoms with Crippen molar-refractivity contribution in [1.82, 2.24) is 24.5 Å². The van der Waals surface area contributed by atoms with E-state index in [1.54, 1.807) is 14.3 Å². The summed E-state index contributed by atoms with van der Waals surface area (Å²) in [5.41, 5.74) is 1.81. The number of nitrogens with one attached hydrogen (secondary N) is 1. The van der Waals surface area contributed by atoms with E-state index < -0.39 is 0 Å². The molecular formula is C17H23IN6O3. The minimum atomic E-state index is -0.176. The Morgan fingerprint density at radius 2 is 2.07 bits per heavy atom. The third-order valence-corrected chi connectivity index (χ3v) is 5.43. The predicted molar refractivity (Wildman–Crippen MR) is 108 cm³/mol. The average molecular weight is 486 g/mol. The molecule has 0 unspecified atom stereocenters. The summed E-state index contributed by atoms with van der Waals surface area (Å²) in [5.74, 6) is -0.310. The number of ether oxygens (including phenoxy) is 1. The molecule has 0 aliphatic carbocycles. The van der Waals surface area contributed by atoms with E-state index in [9.17, 15) is 9.59 Å². The summed E-state index contributed by atoms with van der Waals surface area (Å²) in [6.45, 7) is 7.00. The topological polar surface area (TPSA) is 94.3 Å². The molecule has 1 aliphatic heterocycles. The normalized spacial score (nSPS) is 14.4. The summed E-state index contributed by atoms with van der Waals surface area (Å²) in [7, 11) is 0. The number of hydrogen-bond donors (Lipinski definition) is 1. The van der Waals surface area contributed by atoms with Gasteiger partial charge < -0.3 is 15.0 Å². The molecule has 27 heavy (non-hydrogen) atoms. The van der Waals surface area contributed by atoms with Crippen LogP contribution >= 0.6 is 22.6 Å². The van der Waals surface area contributed by atoms with Gasteiger partial charge in [0, 0.05) is 38.8 Å². The first-order chi connectivity index (χ1) is 13.0. The molecule has 2 amide bonds. The summed E-state index contributed by atoms with van der Waals surface area (Å²) < 4.78 is 9.75. The van der Waals surface area contributed by atoms with E-state index >= 15 is 0 Å². The van der Waals surface area contributed by atoms with E-state index in [4.69, 9.17) is 4.74 Å². The van der Waals surface area contributed by atoms with E-state index in [0.717, 1.165) is 9.26 Å². The molecule has 2 aromatic rings. The van der Waals surface area contributed by atoms with E-state index in [-0.39, 0.29) is 18.2 Å². The summed E-state index contributed by atoms with van der Waals surface area (Å²) in [4.78, 5) is 27.0. The van der Waals surface area contributed by atoms with Crippen molar-refractivity contribution >= 4 is 40.1 Å². The van der Waals surface area contributed by atoms with Crippen molar-refractivity contribution in [1.29, 1.82) is 0 Å². The lowest BCUT2D eigenvalue weighted by Crippen LogP contribution is -2.41. The van der Waals surface area contributed by atoms with Gasteiger partial charge in [0.25, 0.3) is 5.91 Å². The van der Waals surface area contributed by atoms with E-state index in [1.165, 1.54) is 6.20 Å². The number of carbonyl (C=O) groups is 2. The molecule has 0 bridgehead atoms. The van der Waals surface area contributed by atoms with Crippen molar-refractivity contribution in [2.24, 2.45) is 0 Å². The van der Waals surface area contributed by atoms with Gasteiger partial charge in [-0.1, -0.05) is 0 Å². The van der Waals surface area contributed by atoms with Gasteiger partial charge in [0.05, 0.1) is 34.4 Å². The van der Waals surface area contributed by atoms with E-state index in [0.29, 0.717) is 50.8 Å². The fraction of sp³-hybridized carbons (Fsp3) is 0.529. The Bertz CT molecular complexity index is 805. The third kappa shape index (κ3) is 4.67. The number of morpholine rings is 1. The molecule has 3 rings (SSSR count). The number of halogens is 1. The highest BCUT2D eigenvalue weighted by Crippen LogP contribution is 2.19. The molecule has 0 aromatic carbocycles. The lowest BCUT2D eigenvalue weighted by atomic mass is 10.2. The van der Waals surface area contributed by atoms with Gasteiger partial charge in [0.15, 0.2) is 0 Å². The molecule has 10 heteroatoms. The lowest BCUT2D eigenvalue weighted by molar-refractivity contribution is -0.116. The first-order valence-electron chi connectivity index (χ1n) is 8.91. The molecule has 1 N–H and O–H groups in total. The Balaban J connectivity index is 1.67. The zero-order valence-electron chi connectivity index (χ0n) is 15.4. The van der Waals surface area contributed by atoms with Gasteiger partial charge in [0.2, 0.25) is 5.91 Å². The molecule has 1 saturated heterocycles. The van der Waals surface area contributed by atoms with Crippen molar-refractivity contribution in [3.8, 4) is 0 Å².